The molecule has 0 heterocycles. The van der Waals surface area contributed by atoms with E-state index in [1.807, 2.05) is 0 Å². The van der Waals surface area contributed by atoms with Crippen molar-refractivity contribution in [3.63, 3.8) is 0 Å². The third-order valence-corrected chi connectivity index (χ3v) is 2.00. The summed E-state index contributed by atoms with van der Waals surface area (Å²) in [6.07, 6.45) is 0. The zero-order chi connectivity index (χ0) is 9.94. The van der Waals surface area contributed by atoms with Crippen molar-refractivity contribution < 1.29 is 26.7 Å². The van der Waals surface area contributed by atoms with Gasteiger partial charge in [-0.25, -0.2) is 13.2 Å². The second-order valence-electron chi connectivity index (χ2n) is 1.79. The van der Waals surface area contributed by atoms with Crippen LogP contribution in [0.3, 0.4) is 0 Å². The predicted molar refractivity (Wildman–Crippen MR) is 42.7 cm³/mol. The second-order valence-corrected chi connectivity index (χ2v) is 3.01. The highest BCUT2D eigenvalue weighted by Crippen LogP contribution is 2.39. The van der Waals surface area contributed by atoms with Crippen molar-refractivity contribution in [1.29, 1.82) is 0 Å². The molecule has 0 N–H and O–H groups in total. The third kappa shape index (κ3) is 8.43. The van der Waals surface area contributed by atoms with E-state index in [2.05, 4.69) is 0 Å². The van der Waals surface area contributed by atoms with Gasteiger partial charge in [0.15, 0.2) is 0 Å². The first-order chi connectivity index (χ1) is 6.35. The molecule has 0 aliphatic carbocycles. The summed E-state index contributed by atoms with van der Waals surface area (Å²) in [6.45, 7) is -2.62. The van der Waals surface area contributed by atoms with Crippen LogP contribution in [0.4, 0.5) is 13.2 Å². The van der Waals surface area contributed by atoms with Crippen molar-refractivity contribution >= 4 is 8.60 Å². The molecule has 0 radical (unpaired) electrons. The molecule has 0 aromatic rings. The van der Waals surface area contributed by atoms with Gasteiger partial charge in [-0.1, -0.05) is 0 Å². The van der Waals surface area contributed by atoms with Gasteiger partial charge in [0.1, 0.15) is 20.0 Å². The molecule has 7 heteroatoms. The molecule has 0 aromatic heterocycles. The maximum absolute atomic E-state index is 11.6. The highest BCUT2D eigenvalue weighted by molar-refractivity contribution is 7.41. The van der Waals surface area contributed by atoms with E-state index in [4.69, 9.17) is 13.6 Å². The number of alkyl halides is 3. The van der Waals surface area contributed by atoms with Crippen molar-refractivity contribution in [3.8, 4) is 0 Å². The molecular weight excluding hydrogens is 208 g/mol. The molecule has 0 saturated heterocycles. The molecule has 0 saturated carbocycles. The van der Waals surface area contributed by atoms with Gasteiger partial charge < -0.3 is 13.6 Å². The van der Waals surface area contributed by atoms with Gasteiger partial charge >= 0.3 is 8.60 Å². The van der Waals surface area contributed by atoms with Crippen molar-refractivity contribution in [3.05, 3.63) is 0 Å². The number of hydrogen-bond acceptors (Lipinski definition) is 3. The zero-order valence-corrected chi connectivity index (χ0v) is 7.94. The third-order valence-electron chi connectivity index (χ3n) is 0.822. The Kier molecular flexibility index (Phi) is 10.3. The average molecular weight is 220 g/mol. The van der Waals surface area contributed by atoms with Crippen LogP contribution in [0.15, 0.2) is 0 Å². The minimum absolute atomic E-state index is 0.190. The largest absolute Gasteiger partial charge is 0.332 e. The predicted octanol–water partition coefficient (Wildman–Crippen LogP) is 2.17. The smallest absolute Gasteiger partial charge is 0.309 e. The van der Waals surface area contributed by atoms with Gasteiger partial charge in [-0.15, -0.1) is 0 Å². The van der Waals surface area contributed by atoms with Crippen LogP contribution >= 0.6 is 8.60 Å². The van der Waals surface area contributed by atoms with E-state index in [9.17, 15) is 13.2 Å². The second kappa shape index (κ2) is 10.2. The van der Waals surface area contributed by atoms with E-state index < -0.39 is 28.6 Å². The average Bonchev–Trinajstić information content (AvgIpc) is 2.17. The highest BCUT2D eigenvalue weighted by atomic mass is 31.2. The fourth-order valence-corrected chi connectivity index (χ4v) is 1.32. The lowest BCUT2D eigenvalue weighted by molar-refractivity contribution is 0.139. The summed E-state index contributed by atoms with van der Waals surface area (Å²) in [5.41, 5.74) is 0. The molecule has 0 bridgehead atoms. The summed E-state index contributed by atoms with van der Waals surface area (Å²) in [7, 11) is -1.80. The molecule has 13 heavy (non-hydrogen) atoms. The van der Waals surface area contributed by atoms with Crippen molar-refractivity contribution in [2.45, 2.75) is 0 Å². The molecule has 0 fully saturated rings. The molecule has 0 unspecified atom stereocenters. The summed E-state index contributed by atoms with van der Waals surface area (Å²) in [4.78, 5) is 0. The van der Waals surface area contributed by atoms with Crippen LogP contribution in [0, 0.1) is 0 Å². The molecular formula is C6H12F3O3P. The van der Waals surface area contributed by atoms with E-state index >= 15 is 0 Å². The van der Waals surface area contributed by atoms with Gasteiger partial charge in [0.2, 0.25) is 0 Å². The van der Waals surface area contributed by atoms with E-state index in [1.54, 1.807) is 0 Å². The molecule has 3 nitrogen and oxygen atoms in total. The minimum Gasteiger partial charge on any atom is -0.309 e. The summed E-state index contributed by atoms with van der Waals surface area (Å²) < 4.78 is 49.0. The molecule has 0 spiro atoms. The van der Waals surface area contributed by atoms with Gasteiger partial charge in [0.05, 0.1) is 19.8 Å². The molecule has 0 aliphatic rings. The molecule has 0 atom stereocenters. The number of halogens is 3. The standard InChI is InChI=1S/C6H12F3O3P/c7-1-4-10-13(11-5-2-8)12-6-3-9/h1-6H2. The Morgan fingerprint density at radius 3 is 1.23 bits per heavy atom. The SMILES string of the molecule is FCCOP(OCCF)OCCF. The van der Waals surface area contributed by atoms with Crippen LogP contribution in [0.1, 0.15) is 0 Å². The Bertz CT molecular complexity index is 90.1. The van der Waals surface area contributed by atoms with Crippen LogP contribution in [0.2, 0.25) is 0 Å². The molecule has 0 aliphatic heterocycles. The Hall–Kier alpha value is 0.1000. The van der Waals surface area contributed by atoms with Crippen LogP contribution in [-0.2, 0) is 13.6 Å². The maximum Gasteiger partial charge on any atom is 0.332 e. The van der Waals surface area contributed by atoms with E-state index in [0.717, 1.165) is 0 Å². The lowest BCUT2D eigenvalue weighted by Gasteiger charge is -2.13. The molecule has 80 valence electrons. The van der Waals surface area contributed by atoms with Gasteiger partial charge in [0.25, 0.3) is 0 Å². The van der Waals surface area contributed by atoms with Gasteiger partial charge in [0, 0.05) is 0 Å². The molecule has 0 amide bonds. The topological polar surface area (TPSA) is 27.7 Å². The summed E-state index contributed by atoms with van der Waals surface area (Å²) in [5, 5.41) is 0. The zero-order valence-electron chi connectivity index (χ0n) is 7.05. The lowest BCUT2D eigenvalue weighted by atomic mass is 10.8. The highest BCUT2D eigenvalue weighted by Gasteiger charge is 2.11. The Morgan fingerprint density at radius 2 is 1.00 bits per heavy atom. The normalized spacial score (nSPS) is 11.1. The fraction of sp³-hybridized carbons (Fsp3) is 1.00. The van der Waals surface area contributed by atoms with Crippen molar-refractivity contribution in [2.75, 3.05) is 39.8 Å². The van der Waals surface area contributed by atoms with Crippen LogP contribution < -0.4 is 0 Å². The lowest BCUT2D eigenvalue weighted by Crippen LogP contribution is -2.02. The minimum atomic E-state index is -1.80. The van der Waals surface area contributed by atoms with Crippen molar-refractivity contribution in [1.82, 2.24) is 0 Å². The fourth-order valence-electron chi connectivity index (χ4n) is 0.439. The van der Waals surface area contributed by atoms with Crippen LogP contribution in [-0.4, -0.2) is 39.8 Å². The first-order valence-corrected chi connectivity index (χ1v) is 4.81. The van der Waals surface area contributed by atoms with E-state index in [1.165, 1.54) is 0 Å². The summed E-state index contributed by atoms with van der Waals surface area (Å²) in [6, 6.07) is 0. The maximum atomic E-state index is 11.6. The molecule has 0 aromatic carbocycles. The quantitative estimate of drug-likeness (QED) is 0.557. The molecule has 0 rings (SSSR count). The van der Waals surface area contributed by atoms with Crippen LogP contribution in [0.5, 0.6) is 0 Å². The van der Waals surface area contributed by atoms with Crippen molar-refractivity contribution in [2.24, 2.45) is 0 Å². The number of hydrogen-bond donors (Lipinski definition) is 0. The monoisotopic (exact) mass is 220 g/mol. The van der Waals surface area contributed by atoms with Gasteiger partial charge in [-0.3, -0.25) is 0 Å². The Balaban J connectivity index is 3.47. The van der Waals surface area contributed by atoms with Gasteiger partial charge in [-0.05, 0) is 0 Å². The Labute approximate surface area is 76.2 Å². The summed E-state index contributed by atoms with van der Waals surface area (Å²) >= 11 is 0. The van der Waals surface area contributed by atoms with Gasteiger partial charge in [-0.2, -0.15) is 0 Å². The van der Waals surface area contributed by atoms with Crippen LogP contribution in [0.25, 0.3) is 0 Å². The first-order valence-electron chi connectivity index (χ1n) is 3.72. The first kappa shape index (κ1) is 13.1. The number of rotatable bonds is 9. The van der Waals surface area contributed by atoms with E-state index in [-0.39, 0.29) is 19.8 Å². The Morgan fingerprint density at radius 1 is 0.692 bits per heavy atom. The summed E-state index contributed by atoms with van der Waals surface area (Å²) in [5.74, 6) is 0. The van der Waals surface area contributed by atoms with E-state index in [0.29, 0.717) is 0 Å².